The minimum absolute atomic E-state index is 0.179. The summed E-state index contributed by atoms with van der Waals surface area (Å²) in [5.41, 5.74) is 0. The molecule has 0 saturated heterocycles. The van der Waals surface area contributed by atoms with Crippen molar-refractivity contribution in [1.82, 2.24) is 0 Å². The number of aliphatic hydroxyl groups is 5. The minimum atomic E-state index is -4.71. The van der Waals surface area contributed by atoms with Gasteiger partial charge in [-0.2, -0.15) is 0 Å². The van der Waals surface area contributed by atoms with Crippen LogP contribution in [0.5, 0.6) is 0 Å². The smallest absolute Gasteiger partial charge is 0.462 e. The average Bonchev–Trinajstić information content (AvgIpc) is 3.48. The molecule has 1 saturated carbocycles. The third kappa shape index (κ3) is 30.4. The van der Waals surface area contributed by atoms with Gasteiger partial charge in [0.05, 0.1) is 44.6 Å². The molecule has 14 heteroatoms. The van der Waals surface area contributed by atoms with Gasteiger partial charge in [-0.05, 0) is 31.1 Å². The lowest BCUT2D eigenvalue weighted by Crippen LogP contribution is -2.29. The van der Waals surface area contributed by atoms with Crippen LogP contribution in [0, 0.1) is 17.8 Å². The molecule has 13 nitrogen and oxygen atoms in total. The molecule has 1 fully saturated rings. The fraction of sp³-hybridized carbons (Fsp3) is 0.870. The van der Waals surface area contributed by atoms with Crippen LogP contribution >= 0.6 is 7.82 Å². The first-order valence-electron chi connectivity index (χ1n) is 23.4. The van der Waals surface area contributed by atoms with E-state index >= 15 is 0 Å². The van der Waals surface area contributed by atoms with Gasteiger partial charge >= 0.3 is 19.8 Å². The summed E-state index contributed by atoms with van der Waals surface area (Å²) in [7, 11) is -4.71. The summed E-state index contributed by atoms with van der Waals surface area (Å²) in [5, 5.41) is 49.8. The van der Waals surface area contributed by atoms with Crippen molar-refractivity contribution in [3.8, 4) is 0 Å². The Morgan fingerprint density at radius 1 is 0.717 bits per heavy atom. The number of rotatable bonds is 39. The van der Waals surface area contributed by atoms with Crippen molar-refractivity contribution in [2.24, 2.45) is 17.8 Å². The van der Waals surface area contributed by atoms with Gasteiger partial charge in [-0.25, -0.2) is 4.57 Å². The lowest BCUT2D eigenvalue weighted by Gasteiger charge is -2.20. The molecule has 0 amide bonds. The summed E-state index contributed by atoms with van der Waals surface area (Å²) in [6.07, 6.45) is 27.0. The van der Waals surface area contributed by atoms with Gasteiger partial charge in [0.2, 0.25) is 0 Å². The third-order valence-corrected chi connectivity index (χ3v) is 12.1. The normalized spacial score (nSPS) is 20.8. The fourth-order valence-corrected chi connectivity index (χ4v) is 8.24. The predicted octanol–water partition coefficient (Wildman–Crippen LogP) is 8.80. The van der Waals surface area contributed by atoms with Crippen LogP contribution in [0.2, 0.25) is 0 Å². The zero-order valence-electron chi connectivity index (χ0n) is 37.4. The van der Waals surface area contributed by atoms with E-state index in [-0.39, 0.29) is 31.1 Å². The van der Waals surface area contributed by atoms with Crippen LogP contribution in [-0.4, -0.2) is 99.3 Å². The second-order valence-corrected chi connectivity index (χ2v) is 18.7. The van der Waals surface area contributed by atoms with Crippen molar-refractivity contribution < 1.29 is 63.1 Å². The first kappa shape index (κ1) is 56.3. The first-order chi connectivity index (χ1) is 28.8. The molecule has 1 unspecified atom stereocenters. The largest absolute Gasteiger partial charge is 0.472 e. The maximum absolute atomic E-state index is 12.8. The van der Waals surface area contributed by atoms with Crippen molar-refractivity contribution in [3.63, 3.8) is 0 Å². The highest BCUT2D eigenvalue weighted by atomic mass is 31.2. The molecular weight excluding hydrogens is 791 g/mol. The van der Waals surface area contributed by atoms with Crippen LogP contribution in [0.4, 0.5) is 0 Å². The number of hydrogen-bond acceptors (Lipinski definition) is 12. The number of unbranched alkanes of at least 4 members (excludes halogenated alkanes) is 17. The van der Waals surface area contributed by atoms with E-state index in [9.17, 15) is 39.5 Å². The molecule has 8 atom stereocenters. The summed E-state index contributed by atoms with van der Waals surface area (Å²) in [6.45, 7) is 4.26. The molecule has 60 heavy (non-hydrogen) atoms. The minimum Gasteiger partial charge on any atom is -0.462 e. The van der Waals surface area contributed by atoms with Gasteiger partial charge in [-0.1, -0.05) is 167 Å². The maximum atomic E-state index is 12.8. The second-order valence-electron chi connectivity index (χ2n) is 17.3. The Morgan fingerprint density at radius 3 is 1.83 bits per heavy atom. The van der Waals surface area contributed by atoms with Crippen molar-refractivity contribution in [1.29, 1.82) is 0 Å². The third-order valence-electron chi connectivity index (χ3n) is 11.1. The molecule has 0 aliphatic heterocycles. The fourth-order valence-electron chi connectivity index (χ4n) is 7.45. The molecule has 1 rings (SSSR count). The highest BCUT2D eigenvalue weighted by Crippen LogP contribution is 2.43. The van der Waals surface area contributed by atoms with Crippen molar-refractivity contribution in [2.75, 3.05) is 26.4 Å². The van der Waals surface area contributed by atoms with E-state index in [0.717, 1.165) is 44.4 Å². The summed E-state index contributed by atoms with van der Waals surface area (Å²) in [4.78, 5) is 35.3. The van der Waals surface area contributed by atoms with Gasteiger partial charge in [-0.3, -0.25) is 18.6 Å². The topological polar surface area (TPSA) is 210 Å². The van der Waals surface area contributed by atoms with Gasteiger partial charge in [0.1, 0.15) is 12.7 Å². The Bertz CT molecular complexity index is 1180. The Balaban J connectivity index is 2.44. The number of carbonyl (C=O) groups excluding carboxylic acids is 2. The van der Waals surface area contributed by atoms with Crippen LogP contribution in [-0.2, 0) is 32.7 Å². The maximum Gasteiger partial charge on any atom is 0.472 e. The Morgan fingerprint density at radius 2 is 1.27 bits per heavy atom. The number of aliphatic hydroxyl groups excluding tert-OH is 5. The Hall–Kier alpha value is -1.67. The lowest BCUT2D eigenvalue weighted by molar-refractivity contribution is -0.160. The molecule has 352 valence electrons. The number of phosphoric acid groups is 1. The Labute approximate surface area is 362 Å². The molecule has 6 N–H and O–H groups in total. The van der Waals surface area contributed by atoms with Gasteiger partial charge in [0.15, 0.2) is 6.10 Å². The van der Waals surface area contributed by atoms with Crippen LogP contribution in [0.3, 0.4) is 0 Å². The standard InChI is InChI=1S/C46H85O13P/c1-4-5-20-26-38(48)30-31-42-41(43(50)32-44(42)51)27-23-24-29-46(53)59-40(36-58-60(54,55)57-34-39(49)33-47)35-56-45(52)28-22-19-17-15-13-11-9-7-6-8-10-12-14-16-18-21-25-37(2)3/h23-24,30-31,37-44,47-51H,4-22,25-29,32-36H2,1-3H3,(H,54,55)/b24-23-,31-30+/t38-,39+,40-,41+,42-,43+,44-/m1/s1. The molecule has 0 bridgehead atoms. The molecule has 0 aromatic carbocycles. The molecule has 0 heterocycles. The summed E-state index contributed by atoms with van der Waals surface area (Å²) in [5.74, 6) is -1.07. The molecule has 0 spiro atoms. The second kappa shape index (κ2) is 35.8. The molecule has 0 radical (unpaired) electrons. The first-order valence-corrected chi connectivity index (χ1v) is 24.9. The summed E-state index contributed by atoms with van der Waals surface area (Å²) >= 11 is 0. The zero-order valence-corrected chi connectivity index (χ0v) is 38.3. The van der Waals surface area contributed by atoms with Crippen LogP contribution in [0.15, 0.2) is 24.3 Å². The highest BCUT2D eigenvalue weighted by Gasteiger charge is 2.39. The number of phosphoric ester groups is 1. The average molecular weight is 877 g/mol. The predicted molar refractivity (Wildman–Crippen MR) is 235 cm³/mol. The van der Waals surface area contributed by atoms with Crippen LogP contribution < -0.4 is 0 Å². The number of ether oxygens (including phenoxy) is 2. The lowest BCUT2D eigenvalue weighted by atomic mass is 9.89. The van der Waals surface area contributed by atoms with Gasteiger partial charge in [-0.15, -0.1) is 0 Å². The summed E-state index contributed by atoms with van der Waals surface area (Å²) in [6, 6.07) is 0. The molecule has 0 aromatic heterocycles. The monoisotopic (exact) mass is 877 g/mol. The highest BCUT2D eigenvalue weighted by molar-refractivity contribution is 7.47. The molecular formula is C46H85O13P. The number of allylic oxidation sites excluding steroid dienone is 1. The van der Waals surface area contributed by atoms with E-state index in [1.54, 1.807) is 24.3 Å². The number of hydrogen-bond donors (Lipinski definition) is 6. The van der Waals surface area contributed by atoms with Gasteiger partial charge in [0.25, 0.3) is 0 Å². The Kier molecular flexibility index (Phi) is 33.6. The summed E-state index contributed by atoms with van der Waals surface area (Å²) < 4.78 is 32.7. The number of carbonyl (C=O) groups is 2. The van der Waals surface area contributed by atoms with Crippen molar-refractivity contribution in [3.05, 3.63) is 24.3 Å². The zero-order chi connectivity index (χ0) is 44.4. The van der Waals surface area contributed by atoms with Crippen LogP contribution in [0.25, 0.3) is 0 Å². The number of esters is 2. The van der Waals surface area contributed by atoms with Gasteiger partial charge < -0.3 is 39.9 Å². The SMILES string of the molecule is CCCCC[C@@H](O)/C=C/[C@@H]1[C@H](C/C=C\CC(=O)O[C@H](COC(=O)CCCCCCCCCCCCCCCCCCC(C)C)COP(=O)(O)OC[C@@H](O)CO)[C@@H](O)C[C@H]1O. The van der Waals surface area contributed by atoms with Crippen molar-refractivity contribution in [2.45, 2.75) is 212 Å². The van der Waals surface area contributed by atoms with Gasteiger partial charge in [0, 0.05) is 18.8 Å². The van der Waals surface area contributed by atoms with Crippen LogP contribution in [0.1, 0.15) is 181 Å². The van der Waals surface area contributed by atoms with E-state index in [1.165, 1.54) is 83.5 Å². The van der Waals surface area contributed by atoms with E-state index < -0.39 is 76.7 Å². The van der Waals surface area contributed by atoms with E-state index in [0.29, 0.717) is 19.3 Å². The molecule has 0 aromatic rings. The molecule has 1 aliphatic carbocycles. The van der Waals surface area contributed by atoms with E-state index in [1.807, 2.05) is 0 Å². The van der Waals surface area contributed by atoms with Crippen molar-refractivity contribution >= 4 is 19.8 Å². The molecule has 1 aliphatic rings. The van der Waals surface area contributed by atoms with E-state index in [2.05, 4.69) is 25.3 Å². The quantitative estimate of drug-likeness (QED) is 0.0148. The van der Waals surface area contributed by atoms with E-state index in [4.69, 9.17) is 19.1 Å².